The van der Waals surface area contributed by atoms with Gasteiger partial charge in [-0.05, 0) is 35.4 Å². The van der Waals surface area contributed by atoms with Crippen LogP contribution in [0, 0.1) is 0 Å². The zero-order chi connectivity index (χ0) is 19.9. The Morgan fingerprint density at radius 2 is 1.52 bits per heavy atom. The lowest BCUT2D eigenvalue weighted by atomic mass is 9.93. The van der Waals surface area contributed by atoms with Crippen molar-refractivity contribution in [1.82, 2.24) is 0 Å². The molecule has 1 amide bonds. The normalized spacial score (nSPS) is 15.8. The standard InChI is InChI=1S/C25H25NO3/c27-25-18-24(26(25)22-10-5-2-6-11-22)21-12-14-23(15-13-21)29-17-7-16-28-19-20-8-3-1-4-9-20/h1-6,8-15,24H,7,16-19H2. The highest BCUT2D eigenvalue weighted by molar-refractivity contribution is 6.01. The second-order valence-corrected chi connectivity index (χ2v) is 7.13. The van der Waals surface area contributed by atoms with Crippen LogP contribution in [0.1, 0.15) is 30.0 Å². The summed E-state index contributed by atoms with van der Waals surface area (Å²) in [5, 5.41) is 0. The van der Waals surface area contributed by atoms with Crippen molar-refractivity contribution < 1.29 is 14.3 Å². The summed E-state index contributed by atoms with van der Waals surface area (Å²) < 4.78 is 11.5. The van der Waals surface area contributed by atoms with Gasteiger partial charge in [-0.1, -0.05) is 60.7 Å². The fourth-order valence-corrected chi connectivity index (χ4v) is 3.50. The lowest BCUT2D eigenvalue weighted by Crippen LogP contribution is -2.46. The summed E-state index contributed by atoms with van der Waals surface area (Å²) in [4.78, 5) is 14.0. The SMILES string of the molecule is O=C1CC(c2ccc(OCCCOCc3ccccc3)cc2)N1c1ccccc1. The average Bonchev–Trinajstić information content (AvgIpc) is 2.76. The van der Waals surface area contributed by atoms with E-state index in [9.17, 15) is 4.79 Å². The molecule has 1 aliphatic heterocycles. The zero-order valence-corrected chi connectivity index (χ0v) is 16.4. The van der Waals surface area contributed by atoms with E-state index in [1.54, 1.807) is 0 Å². The van der Waals surface area contributed by atoms with E-state index >= 15 is 0 Å². The Kier molecular flexibility index (Phi) is 6.22. The quantitative estimate of drug-likeness (QED) is 0.376. The predicted molar refractivity (Wildman–Crippen MR) is 114 cm³/mol. The van der Waals surface area contributed by atoms with Crippen LogP contribution in [0.25, 0.3) is 0 Å². The van der Waals surface area contributed by atoms with E-state index in [0.29, 0.717) is 26.2 Å². The number of rotatable bonds is 9. The van der Waals surface area contributed by atoms with Gasteiger partial charge in [0.25, 0.3) is 0 Å². The summed E-state index contributed by atoms with van der Waals surface area (Å²) in [7, 11) is 0. The first-order chi connectivity index (χ1) is 14.3. The third kappa shape index (κ3) is 4.84. The van der Waals surface area contributed by atoms with Crippen molar-refractivity contribution in [3.63, 3.8) is 0 Å². The van der Waals surface area contributed by atoms with Gasteiger partial charge < -0.3 is 14.4 Å². The molecule has 148 valence electrons. The van der Waals surface area contributed by atoms with Crippen molar-refractivity contribution in [3.8, 4) is 5.75 Å². The highest BCUT2D eigenvalue weighted by Crippen LogP contribution is 2.38. The van der Waals surface area contributed by atoms with Crippen LogP contribution in [-0.2, 0) is 16.1 Å². The third-order valence-electron chi connectivity index (χ3n) is 5.06. The Morgan fingerprint density at radius 3 is 2.21 bits per heavy atom. The molecule has 0 spiro atoms. The van der Waals surface area contributed by atoms with E-state index in [2.05, 4.69) is 12.1 Å². The fourth-order valence-electron chi connectivity index (χ4n) is 3.50. The van der Waals surface area contributed by atoms with E-state index < -0.39 is 0 Å². The molecular weight excluding hydrogens is 362 g/mol. The number of ether oxygens (including phenoxy) is 2. The largest absolute Gasteiger partial charge is 0.494 e. The molecule has 29 heavy (non-hydrogen) atoms. The smallest absolute Gasteiger partial charge is 0.230 e. The molecule has 1 atom stereocenters. The number of carbonyl (C=O) groups excluding carboxylic acids is 1. The molecule has 3 aromatic carbocycles. The zero-order valence-electron chi connectivity index (χ0n) is 16.4. The monoisotopic (exact) mass is 387 g/mol. The second-order valence-electron chi connectivity index (χ2n) is 7.13. The van der Waals surface area contributed by atoms with Gasteiger partial charge in [-0.25, -0.2) is 0 Å². The van der Waals surface area contributed by atoms with Crippen molar-refractivity contribution in [2.45, 2.75) is 25.5 Å². The predicted octanol–water partition coefficient (Wildman–Crippen LogP) is 5.15. The molecule has 0 saturated carbocycles. The molecule has 4 nitrogen and oxygen atoms in total. The molecule has 0 radical (unpaired) electrons. The molecule has 0 bridgehead atoms. The Hall–Kier alpha value is -3.11. The van der Waals surface area contributed by atoms with Gasteiger partial charge in [0, 0.05) is 12.1 Å². The number of hydrogen-bond acceptors (Lipinski definition) is 3. The first-order valence-corrected chi connectivity index (χ1v) is 10.0. The summed E-state index contributed by atoms with van der Waals surface area (Å²) in [5.74, 6) is 1.01. The van der Waals surface area contributed by atoms with E-state index in [-0.39, 0.29) is 11.9 Å². The van der Waals surface area contributed by atoms with Crippen LogP contribution in [0.3, 0.4) is 0 Å². The van der Waals surface area contributed by atoms with Crippen molar-refractivity contribution in [2.24, 2.45) is 0 Å². The van der Waals surface area contributed by atoms with Gasteiger partial charge in [0.2, 0.25) is 5.91 Å². The molecule has 1 unspecified atom stereocenters. The Bertz CT molecular complexity index is 910. The Labute approximate surface area is 171 Å². The van der Waals surface area contributed by atoms with E-state index in [1.165, 1.54) is 5.56 Å². The molecule has 4 heteroatoms. The summed E-state index contributed by atoms with van der Waals surface area (Å²) >= 11 is 0. The number of para-hydroxylation sites is 1. The highest BCUT2D eigenvalue weighted by Gasteiger charge is 2.38. The molecule has 1 aliphatic rings. The van der Waals surface area contributed by atoms with Crippen molar-refractivity contribution in [2.75, 3.05) is 18.1 Å². The Balaban J connectivity index is 1.22. The first-order valence-electron chi connectivity index (χ1n) is 10.0. The number of amides is 1. The number of anilines is 1. The molecule has 1 saturated heterocycles. The van der Waals surface area contributed by atoms with Gasteiger partial charge in [-0.2, -0.15) is 0 Å². The van der Waals surface area contributed by atoms with Crippen molar-refractivity contribution in [1.29, 1.82) is 0 Å². The highest BCUT2D eigenvalue weighted by atomic mass is 16.5. The number of β-lactam (4-membered cyclic amide) rings is 1. The molecule has 1 fully saturated rings. The fraction of sp³-hybridized carbons (Fsp3) is 0.240. The van der Waals surface area contributed by atoms with Crippen LogP contribution in [0.5, 0.6) is 5.75 Å². The number of carbonyl (C=O) groups is 1. The Morgan fingerprint density at radius 1 is 0.828 bits per heavy atom. The van der Waals surface area contributed by atoms with Crippen LogP contribution in [0.15, 0.2) is 84.9 Å². The maximum atomic E-state index is 12.1. The van der Waals surface area contributed by atoms with Gasteiger partial charge in [0.1, 0.15) is 5.75 Å². The van der Waals surface area contributed by atoms with Crippen LogP contribution in [0.4, 0.5) is 5.69 Å². The summed E-state index contributed by atoms with van der Waals surface area (Å²) in [5.41, 5.74) is 3.26. The summed E-state index contributed by atoms with van der Waals surface area (Å²) in [6.07, 6.45) is 1.39. The van der Waals surface area contributed by atoms with Gasteiger partial charge >= 0.3 is 0 Å². The number of benzene rings is 3. The van der Waals surface area contributed by atoms with Gasteiger partial charge in [0.15, 0.2) is 0 Å². The van der Waals surface area contributed by atoms with Crippen LogP contribution < -0.4 is 9.64 Å². The molecule has 0 N–H and O–H groups in total. The molecule has 1 heterocycles. The summed E-state index contributed by atoms with van der Waals surface area (Å²) in [6, 6.07) is 28.1. The maximum absolute atomic E-state index is 12.1. The third-order valence-corrected chi connectivity index (χ3v) is 5.06. The van der Waals surface area contributed by atoms with Crippen molar-refractivity contribution >= 4 is 11.6 Å². The minimum absolute atomic E-state index is 0.102. The molecule has 0 aliphatic carbocycles. The van der Waals surface area contributed by atoms with Gasteiger partial charge in [-0.3, -0.25) is 4.79 Å². The maximum Gasteiger partial charge on any atom is 0.230 e. The topological polar surface area (TPSA) is 38.8 Å². The van der Waals surface area contributed by atoms with Crippen LogP contribution >= 0.6 is 0 Å². The van der Waals surface area contributed by atoms with Crippen LogP contribution in [0.2, 0.25) is 0 Å². The van der Waals surface area contributed by atoms with E-state index in [1.807, 2.05) is 77.7 Å². The van der Waals surface area contributed by atoms with E-state index in [0.717, 1.165) is 23.4 Å². The number of hydrogen-bond donors (Lipinski definition) is 0. The van der Waals surface area contributed by atoms with Crippen molar-refractivity contribution in [3.05, 3.63) is 96.1 Å². The number of nitrogens with zero attached hydrogens (tertiary/aromatic N) is 1. The summed E-state index contributed by atoms with van der Waals surface area (Å²) in [6.45, 7) is 1.92. The minimum atomic E-state index is 0.102. The van der Waals surface area contributed by atoms with Crippen LogP contribution in [-0.4, -0.2) is 19.1 Å². The molecule has 0 aromatic heterocycles. The molecule has 3 aromatic rings. The molecular formula is C25H25NO3. The minimum Gasteiger partial charge on any atom is -0.494 e. The lowest BCUT2D eigenvalue weighted by Gasteiger charge is -2.40. The van der Waals surface area contributed by atoms with E-state index in [4.69, 9.17) is 9.47 Å². The van der Waals surface area contributed by atoms with Gasteiger partial charge in [0.05, 0.1) is 32.3 Å². The van der Waals surface area contributed by atoms with Gasteiger partial charge in [-0.15, -0.1) is 0 Å². The molecule has 4 rings (SSSR count). The second kappa shape index (κ2) is 9.39. The lowest BCUT2D eigenvalue weighted by molar-refractivity contribution is -0.124. The first kappa shape index (κ1) is 19.2. The average molecular weight is 387 g/mol.